The molecule has 0 amide bonds. The smallest absolute Gasteiger partial charge is 0.399 e. The van der Waals surface area contributed by atoms with Gasteiger partial charge in [-0.05, 0) is 66.2 Å². The van der Waals surface area contributed by atoms with E-state index < -0.39 is 18.3 Å². The van der Waals surface area contributed by atoms with Gasteiger partial charge in [0.1, 0.15) is 39.2 Å². The van der Waals surface area contributed by atoms with Crippen molar-refractivity contribution in [1.82, 2.24) is 0 Å². The van der Waals surface area contributed by atoms with Gasteiger partial charge in [0.2, 0.25) is 0 Å². The molecule has 4 aromatic carbocycles. The van der Waals surface area contributed by atoms with Crippen molar-refractivity contribution in [3.8, 4) is 22.3 Å². The predicted molar refractivity (Wildman–Crippen MR) is 157 cm³/mol. The van der Waals surface area contributed by atoms with E-state index in [2.05, 4.69) is 24.3 Å². The molecule has 5 rings (SSSR count). The average molecular weight is 455 g/mol. The molecule has 1 aliphatic rings. The summed E-state index contributed by atoms with van der Waals surface area (Å²) in [6, 6.07) is 20.3. The minimum Gasteiger partial charge on any atom is -0.399 e. The minimum absolute atomic E-state index is 0.193. The largest absolute Gasteiger partial charge is 0.494 e. The highest BCUT2D eigenvalue weighted by Gasteiger charge is 2.51. The van der Waals surface area contributed by atoms with E-state index in [9.17, 15) is 0 Å². The van der Waals surface area contributed by atoms with Crippen molar-refractivity contribution >= 4 is 89.9 Å². The number of rotatable bonds is 3. The summed E-state index contributed by atoms with van der Waals surface area (Å²) in [5.74, 6) is 0. The van der Waals surface area contributed by atoms with E-state index in [1.54, 1.807) is 0 Å². The Morgan fingerprint density at radius 3 is 1.83 bits per heavy atom. The lowest BCUT2D eigenvalue weighted by Crippen LogP contribution is -2.55. The van der Waals surface area contributed by atoms with Gasteiger partial charge in [0, 0.05) is 0 Å². The highest BCUT2D eigenvalue weighted by atomic mass is 16.7. The van der Waals surface area contributed by atoms with Crippen molar-refractivity contribution in [2.24, 2.45) is 0 Å². The second-order valence-electron chi connectivity index (χ2n) is 10.4. The van der Waals surface area contributed by atoms with Crippen LogP contribution >= 0.6 is 0 Å². The summed E-state index contributed by atoms with van der Waals surface area (Å²) < 4.78 is 12.6. The molecule has 0 aromatic heterocycles. The van der Waals surface area contributed by atoms with Crippen molar-refractivity contribution in [3.63, 3.8) is 0 Å². The van der Waals surface area contributed by atoms with Gasteiger partial charge in [0.25, 0.3) is 0 Å². The maximum atomic E-state index is 6.48. The van der Waals surface area contributed by atoms with Crippen LogP contribution in [0.4, 0.5) is 0 Å². The summed E-state index contributed by atoms with van der Waals surface area (Å²) in [6.07, 6.45) is 0. The highest BCUT2D eigenvalue weighted by molar-refractivity contribution is 6.69. The summed E-state index contributed by atoms with van der Waals surface area (Å²) >= 11 is 0. The predicted octanol–water partition coefficient (Wildman–Crippen LogP) is 0.442. The Labute approximate surface area is 220 Å². The molecule has 1 saturated heterocycles. The van der Waals surface area contributed by atoms with E-state index in [-0.39, 0.29) is 16.4 Å². The van der Waals surface area contributed by atoms with Crippen LogP contribution in [0.3, 0.4) is 0 Å². The zero-order valence-electron chi connectivity index (χ0n) is 21.1. The van der Waals surface area contributed by atoms with Crippen molar-refractivity contribution in [1.29, 1.82) is 0 Å². The first-order valence-electron chi connectivity index (χ1n) is 11.9. The van der Waals surface area contributed by atoms with E-state index in [1.165, 1.54) is 0 Å². The van der Waals surface area contributed by atoms with Gasteiger partial charge < -0.3 is 9.31 Å². The molecule has 4 aromatic rings. The van der Waals surface area contributed by atoms with E-state index in [0.29, 0.717) is 16.5 Å². The fraction of sp³-hybridized carbons (Fsp3) is 0.214. The maximum absolute atomic E-state index is 6.48. The first-order valence-corrected chi connectivity index (χ1v) is 11.9. The zero-order valence-corrected chi connectivity index (χ0v) is 21.1. The number of hydrogen-bond acceptors (Lipinski definition) is 2. The van der Waals surface area contributed by atoms with Gasteiger partial charge >= 0.3 is 7.12 Å². The molecule has 0 aliphatic carbocycles. The van der Waals surface area contributed by atoms with Gasteiger partial charge in [-0.1, -0.05) is 71.6 Å². The monoisotopic (exact) mass is 456 g/mol. The standard InChI is InChI=1S/C28H22B6O2/c1-27(2)28(3,4)36-34(35-27)17-10-7-9-16(14-17)20-18-11-6-5-8-15(18)12-13-19(20)21-22(29)24(31)26(33)25(32)23(21)30/h5-14H,1-4H3. The zero-order chi connectivity index (χ0) is 26.0. The lowest BCUT2D eigenvalue weighted by Gasteiger charge is -2.32. The molecular formula is C28H22B6O2. The molecule has 1 heterocycles. The maximum Gasteiger partial charge on any atom is 0.494 e. The topological polar surface area (TPSA) is 18.5 Å². The molecule has 0 unspecified atom stereocenters. The molecule has 1 fully saturated rings. The Balaban J connectivity index is 1.76. The molecule has 8 heteroatoms. The Bertz CT molecular complexity index is 1470. The molecule has 164 valence electrons. The van der Waals surface area contributed by atoms with Crippen molar-refractivity contribution in [2.75, 3.05) is 0 Å². The molecule has 2 nitrogen and oxygen atoms in total. The Morgan fingerprint density at radius 1 is 0.611 bits per heavy atom. The van der Waals surface area contributed by atoms with Crippen LogP contribution in [0, 0.1) is 0 Å². The second-order valence-corrected chi connectivity index (χ2v) is 10.4. The lowest BCUT2D eigenvalue weighted by molar-refractivity contribution is 0.00578. The van der Waals surface area contributed by atoms with Crippen LogP contribution in [0.1, 0.15) is 27.7 Å². The molecule has 10 radical (unpaired) electrons. The fourth-order valence-corrected chi connectivity index (χ4v) is 4.75. The SMILES string of the molecule is [B]c1c([B])c([B])c(-c2ccc3ccccc3c2-c2cccc(B3OC(C)(C)C(C)(C)O3)c2)c([B])c1[B]. The number of hydrogen-bond donors (Lipinski definition) is 0. The summed E-state index contributed by atoms with van der Waals surface area (Å²) in [5.41, 5.74) is 4.57. The van der Waals surface area contributed by atoms with Gasteiger partial charge in [-0.2, -0.15) is 0 Å². The van der Waals surface area contributed by atoms with Gasteiger partial charge in [0.15, 0.2) is 0 Å². The third-order valence-corrected chi connectivity index (χ3v) is 7.60. The van der Waals surface area contributed by atoms with Crippen LogP contribution in [-0.2, 0) is 9.31 Å². The van der Waals surface area contributed by atoms with Crippen LogP contribution in [-0.4, -0.2) is 57.6 Å². The summed E-state index contributed by atoms with van der Waals surface area (Å²) in [5, 5.41) is 2.11. The van der Waals surface area contributed by atoms with E-state index in [0.717, 1.165) is 32.9 Å². The van der Waals surface area contributed by atoms with Crippen molar-refractivity contribution in [2.45, 2.75) is 38.9 Å². The third kappa shape index (κ3) is 3.90. The van der Waals surface area contributed by atoms with E-state index in [4.69, 9.17) is 48.5 Å². The van der Waals surface area contributed by atoms with Crippen molar-refractivity contribution in [3.05, 3.63) is 60.7 Å². The van der Waals surface area contributed by atoms with Gasteiger partial charge in [-0.15, -0.1) is 16.4 Å². The number of fused-ring (bicyclic) bond motifs is 1. The Morgan fingerprint density at radius 2 is 1.19 bits per heavy atom. The number of benzene rings is 4. The quantitative estimate of drug-likeness (QED) is 0.418. The van der Waals surface area contributed by atoms with E-state index >= 15 is 0 Å². The van der Waals surface area contributed by atoms with Crippen LogP contribution in [0.15, 0.2) is 60.7 Å². The lowest BCUT2D eigenvalue weighted by atomic mass is 9.59. The summed E-state index contributed by atoms with van der Waals surface area (Å²) in [4.78, 5) is 0. The van der Waals surface area contributed by atoms with Gasteiger partial charge in [0.05, 0.1) is 11.2 Å². The molecule has 0 saturated carbocycles. The van der Waals surface area contributed by atoms with Crippen LogP contribution in [0.2, 0.25) is 0 Å². The molecular weight excluding hydrogens is 433 g/mol. The first kappa shape index (κ1) is 25.1. The van der Waals surface area contributed by atoms with Crippen molar-refractivity contribution < 1.29 is 9.31 Å². The van der Waals surface area contributed by atoms with Crippen LogP contribution in [0.5, 0.6) is 0 Å². The molecule has 36 heavy (non-hydrogen) atoms. The molecule has 1 aliphatic heterocycles. The molecule has 0 atom stereocenters. The minimum atomic E-state index is -0.494. The third-order valence-electron chi connectivity index (χ3n) is 7.60. The Hall–Kier alpha value is -2.55. The summed E-state index contributed by atoms with van der Waals surface area (Å²) in [6.45, 7) is 8.17. The van der Waals surface area contributed by atoms with Crippen LogP contribution in [0.25, 0.3) is 33.0 Å². The first-order chi connectivity index (χ1) is 16.9. The van der Waals surface area contributed by atoms with Crippen LogP contribution < -0.4 is 32.8 Å². The second kappa shape index (κ2) is 8.78. The van der Waals surface area contributed by atoms with Gasteiger partial charge in [-0.3, -0.25) is 0 Å². The highest BCUT2D eigenvalue weighted by Crippen LogP contribution is 2.39. The fourth-order valence-electron chi connectivity index (χ4n) is 4.75. The normalized spacial score (nSPS) is 16.5. The summed E-state index contributed by atoms with van der Waals surface area (Å²) in [7, 11) is 31.0. The Kier molecular flexibility index (Phi) is 6.13. The molecule has 0 N–H and O–H groups in total. The van der Waals surface area contributed by atoms with E-state index in [1.807, 2.05) is 64.1 Å². The van der Waals surface area contributed by atoms with Gasteiger partial charge in [-0.25, -0.2) is 0 Å². The molecule has 0 spiro atoms. The average Bonchev–Trinajstić information content (AvgIpc) is 3.08. The molecule has 0 bridgehead atoms.